The second-order valence-corrected chi connectivity index (χ2v) is 6.01. The third kappa shape index (κ3) is 5.93. The molecule has 26 heavy (non-hydrogen) atoms. The van der Waals surface area contributed by atoms with Crippen LogP contribution in [-0.4, -0.2) is 45.8 Å². The van der Waals surface area contributed by atoms with E-state index >= 15 is 0 Å². The quantitative estimate of drug-likeness (QED) is 0.537. The normalized spacial score (nSPS) is 11.8. The zero-order chi connectivity index (χ0) is 18.9. The number of benzene rings is 1. The number of phenolic OH excluding ortho intramolecular Hbond substituents is 1. The molecule has 1 aromatic carbocycles. The molecular weight excluding hydrogens is 334 g/mol. The molecule has 0 aliphatic rings. The third-order valence-electron chi connectivity index (χ3n) is 4.01. The topological polar surface area (TPSA) is 104 Å². The van der Waals surface area contributed by atoms with E-state index in [2.05, 4.69) is 10.6 Å². The Hall–Kier alpha value is -2.80. The largest absolute Gasteiger partial charge is 0.508 e. The Bertz CT molecular complexity index is 725. The fourth-order valence-electron chi connectivity index (χ4n) is 2.51. The molecule has 1 atom stereocenters. The zero-order valence-electron chi connectivity index (χ0n) is 14.8. The molecule has 1 heterocycles. The average molecular weight is 359 g/mol. The van der Waals surface area contributed by atoms with Gasteiger partial charge in [0.05, 0.1) is 6.10 Å². The van der Waals surface area contributed by atoms with Crippen molar-refractivity contribution in [3.63, 3.8) is 0 Å². The van der Waals surface area contributed by atoms with Gasteiger partial charge in [0.15, 0.2) is 0 Å². The number of aromatic hydroxyl groups is 1. The van der Waals surface area contributed by atoms with Gasteiger partial charge in [-0.15, -0.1) is 0 Å². The Morgan fingerprint density at radius 3 is 2.50 bits per heavy atom. The molecule has 0 spiro atoms. The van der Waals surface area contributed by atoms with Gasteiger partial charge in [0.1, 0.15) is 11.4 Å². The van der Waals surface area contributed by atoms with Gasteiger partial charge in [-0.05, 0) is 43.2 Å². The molecule has 4 N–H and O–H groups in total. The Labute approximate surface area is 152 Å². The molecule has 2 rings (SSSR count). The zero-order valence-corrected chi connectivity index (χ0v) is 14.8. The van der Waals surface area contributed by atoms with E-state index < -0.39 is 6.10 Å². The minimum absolute atomic E-state index is 0.0615. The minimum atomic E-state index is -0.860. The molecule has 2 amide bonds. The van der Waals surface area contributed by atoms with Crippen LogP contribution >= 0.6 is 0 Å². The predicted molar refractivity (Wildman–Crippen MR) is 97.9 cm³/mol. The summed E-state index contributed by atoms with van der Waals surface area (Å²) in [6, 6.07) is 10.2. The van der Waals surface area contributed by atoms with Crippen molar-refractivity contribution in [3.05, 3.63) is 53.9 Å². The first-order valence-electron chi connectivity index (χ1n) is 8.65. The smallest absolute Gasteiger partial charge is 0.267 e. The van der Waals surface area contributed by atoms with E-state index in [0.29, 0.717) is 18.7 Å². The molecule has 7 heteroatoms. The summed E-state index contributed by atoms with van der Waals surface area (Å²) < 4.78 is 1.81. The maximum absolute atomic E-state index is 12.1. The fraction of sp³-hybridized carbons (Fsp3) is 0.368. The molecule has 7 nitrogen and oxygen atoms in total. The van der Waals surface area contributed by atoms with Gasteiger partial charge in [0, 0.05) is 32.3 Å². The lowest BCUT2D eigenvalue weighted by molar-refractivity contribution is -0.121. The van der Waals surface area contributed by atoms with Crippen LogP contribution in [0.15, 0.2) is 42.6 Å². The third-order valence-corrected chi connectivity index (χ3v) is 4.01. The van der Waals surface area contributed by atoms with Crippen molar-refractivity contribution >= 4 is 11.8 Å². The van der Waals surface area contributed by atoms with Crippen LogP contribution < -0.4 is 10.6 Å². The average Bonchev–Trinajstić information content (AvgIpc) is 3.12. The maximum Gasteiger partial charge on any atom is 0.267 e. The van der Waals surface area contributed by atoms with Crippen molar-refractivity contribution in [1.82, 2.24) is 15.2 Å². The Morgan fingerprint density at radius 2 is 1.81 bits per heavy atom. The Kier molecular flexibility index (Phi) is 7.23. The van der Waals surface area contributed by atoms with Crippen LogP contribution in [0.5, 0.6) is 5.75 Å². The van der Waals surface area contributed by atoms with Crippen LogP contribution in [-0.2, 0) is 17.8 Å². The highest BCUT2D eigenvalue weighted by Crippen LogP contribution is 2.11. The number of carbonyl (C=O) groups is 2. The van der Waals surface area contributed by atoms with E-state index in [-0.39, 0.29) is 37.1 Å². The van der Waals surface area contributed by atoms with Gasteiger partial charge in [-0.2, -0.15) is 0 Å². The van der Waals surface area contributed by atoms with Gasteiger partial charge in [-0.25, -0.2) is 0 Å². The second-order valence-electron chi connectivity index (χ2n) is 6.01. The summed E-state index contributed by atoms with van der Waals surface area (Å²) >= 11 is 0. The second kappa shape index (κ2) is 9.62. The molecule has 0 fully saturated rings. The molecule has 0 radical (unpaired) electrons. The number of aryl methyl sites for hydroxylation is 2. The first-order valence-corrected chi connectivity index (χ1v) is 8.65. The molecule has 0 saturated carbocycles. The lowest BCUT2D eigenvalue weighted by Gasteiger charge is -2.13. The van der Waals surface area contributed by atoms with E-state index in [9.17, 15) is 19.8 Å². The van der Waals surface area contributed by atoms with Crippen molar-refractivity contribution in [1.29, 1.82) is 0 Å². The number of aliphatic hydroxyl groups is 1. The monoisotopic (exact) mass is 359 g/mol. The first kappa shape index (κ1) is 19.5. The molecule has 1 aromatic heterocycles. The number of nitrogens with one attached hydrogen (secondary N) is 2. The van der Waals surface area contributed by atoms with Crippen LogP contribution in [0.25, 0.3) is 0 Å². The molecule has 0 aliphatic heterocycles. The first-order chi connectivity index (χ1) is 12.5. The number of carbonyl (C=O) groups excluding carboxylic acids is 2. The number of nitrogens with zero attached hydrogens (tertiary/aromatic N) is 1. The summed E-state index contributed by atoms with van der Waals surface area (Å²) in [5.41, 5.74) is 1.49. The molecule has 0 bridgehead atoms. The standard InChI is InChI=1S/C19H25N3O4/c1-2-22-11-3-4-17(22)19(26)21-13-16(24)12-20-18(25)10-7-14-5-8-15(23)9-6-14/h3-6,8-9,11,16,23-24H,2,7,10,12-13H2,1H3,(H,20,25)(H,21,26). The van der Waals surface area contributed by atoms with Crippen LogP contribution in [0.1, 0.15) is 29.4 Å². The summed E-state index contributed by atoms with van der Waals surface area (Å²) in [5.74, 6) is -0.243. The lowest BCUT2D eigenvalue weighted by atomic mass is 10.1. The van der Waals surface area contributed by atoms with E-state index in [1.54, 1.807) is 36.4 Å². The SMILES string of the molecule is CCn1cccc1C(=O)NCC(O)CNC(=O)CCc1ccc(O)cc1. The van der Waals surface area contributed by atoms with E-state index in [1.165, 1.54) is 0 Å². The Balaban J connectivity index is 1.66. The lowest BCUT2D eigenvalue weighted by Crippen LogP contribution is -2.40. The van der Waals surface area contributed by atoms with E-state index in [0.717, 1.165) is 5.56 Å². The summed E-state index contributed by atoms with van der Waals surface area (Å²) in [5, 5.41) is 24.5. The van der Waals surface area contributed by atoms with Crippen LogP contribution in [0, 0.1) is 0 Å². The number of phenols is 1. The van der Waals surface area contributed by atoms with Crippen molar-refractivity contribution < 1.29 is 19.8 Å². The fourth-order valence-corrected chi connectivity index (χ4v) is 2.51. The van der Waals surface area contributed by atoms with Crippen molar-refractivity contribution in [2.75, 3.05) is 13.1 Å². The van der Waals surface area contributed by atoms with E-state index in [4.69, 9.17) is 0 Å². The van der Waals surface area contributed by atoms with Gasteiger partial charge in [0.25, 0.3) is 5.91 Å². The molecular formula is C19H25N3O4. The number of amides is 2. The molecule has 0 aliphatic carbocycles. The van der Waals surface area contributed by atoms with Gasteiger partial charge >= 0.3 is 0 Å². The summed E-state index contributed by atoms with van der Waals surface area (Å²) in [6.45, 7) is 2.77. The summed E-state index contributed by atoms with van der Waals surface area (Å²) in [4.78, 5) is 23.9. The highest BCUT2D eigenvalue weighted by atomic mass is 16.3. The maximum atomic E-state index is 12.1. The van der Waals surface area contributed by atoms with Gasteiger partial charge in [-0.3, -0.25) is 9.59 Å². The van der Waals surface area contributed by atoms with Crippen molar-refractivity contribution in [2.45, 2.75) is 32.4 Å². The van der Waals surface area contributed by atoms with Crippen LogP contribution in [0.2, 0.25) is 0 Å². The summed E-state index contributed by atoms with van der Waals surface area (Å²) in [6.07, 6.45) is 1.79. The highest BCUT2D eigenvalue weighted by Gasteiger charge is 2.12. The van der Waals surface area contributed by atoms with E-state index in [1.807, 2.05) is 17.7 Å². The minimum Gasteiger partial charge on any atom is -0.508 e. The highest BCUT2D eigenvalue weighted by molar-refractivity contribution is 5.92. The molecule has 0 saturated heterocycles. The van der Waals surface area contributed by atoms with Crippen molar-refractivity contribution in [3.8, 4) is 5.75 Å². The number of hydrogen-bond donors (Lipinski definition) is 4. The number of rotatable bonds is 9. The van der Waals surface area contributed by atoms with Gasteiger partial charge in [-0.1, -0.05) is 12.1 Å². The number of hydrogen-bond acceptors (Lipinski definition) is 4. The van der Waals surface area contributed by atoms with Crippen molar-refractivity contribution in [2.24, 2.45) is 0 Å². The Morgan fingerprint density at radius 1 is 1.12 bits per heavy atom. The number of aromatic nitrogens is 1. The number of aliphatic hydroxyl groups excluding tert-OH is 1. The van der Waals surface area contributed by atoms with Crippen LogP contribution in [0.4, 0.5) is 0 Å². The molecule has 140 valence electrons. The summed E-state index contributed by atoms with van der Waals surface area (Å²) in [7, 11) is 0. The molecule has 2 aromatic rings. The molecule has 1 unspecified atom stereocenters. The van der Waals surface area contributed by atoms with Gasteiger partial charge in [0.2, 0.25) is 5.91 Å². The van der Waals surface area contributed by atoms with Gasteiger partial charge < -0.3 is 25.4 Å². The predicted octanol–water partition coefficient (Wildman–Crippen LogP) is 1.05. The van der Waals surface area contributed by atoms with Crippen LogP contribution in [0.3, 0.4) is 0 Å².